The van der Waals surface area contributed by atoms with Crippen molar-refractivity contribution in [1.29, 1.82) is 0 Å². The molecule has 0 rings (SSSR count). The normalized spacial score (nSPS) is 8.25. The summed E-state index contributed by atoms with van der Waals surface area (Å²) in [6.07, 6.45) is 0. The van der Waals surface area contributed by atoms with E-state index in [-0.39, 0.29) is 0 Å². The van der Waals surface area contributed by atoms with Gasteiger partial charge in [0.15, 0.2) is 0 Å². The molecule has 4 heavy (non-hydrogen) atoms. The number of hydrogen-bond acceptors (Lipinski definition) is 2. The molecular weight excluding hydrogens is 77.0 g/mol. The Bertz CT molecular complexity index is 20.0. The van der Waals surface area contributed by atoms with Crippen LogP contribution >= 0.6 is 8.69 Å². The molecule has 1 atom stereocenters. The van der Waals surface area contributed by atoms with E-state index in [4.69, 9.17) is 4.57 Å². The minimum atomic E-state index is -0.721. The summed E-state index contributed by atoms with van der Waals surface area (Å²) in [4.78, 5) is 0. The fraction of sp³-hybridized carbons (Fsp3) is 0. The van der Waals surface area contributed by atoms with Crippen LogP contribution in [0.4, 0.5) is 0 Å². The van der Waals surface area contributed by atoms with Crippen molar-refractivity contribution in [3.05, 3.63) is 0 Å². The Balaban J connectivity index is 2.30. The Hall–Kier alpha value is 0.0200. The highest BCUT2D eigenvalue weighted by Crippen LogP contribution is 1.77. The van der Waals surface area contributed by atoms with Crippen LogP contribution in [0.15, 0.2) is 0 Å². The summed E-state index contributed by atoms with van der Waals surface area (Å²) in [5, 5.41) is 0. The third-order valence-electron chi connectivity index (χ3n) is 0.0589. The van der Waals surface area contributed by atoms with Gasteiger partial charge in [-0.2, -0.15) is 5.90 Å². The first-order valence-corrected chi connectivity index (χ1v) is 1.51. The van der Waals surface area contributed by atoms with Gasteiger partial charge in [0, 0.05) is 4.62 Å². The summed E-state index contributed by atoms with van der Waals surface area (Å²) >= 11 is 0. The molecule has 3 N–H and O–H groups in total. The van der Waals surface area contributed by atoms with E-state index in [0.717, 1.165) is 0 Å². The maximum Gasteiger partial charge on any atom is 0.553 e. The average molecular weight is 81.0 g/mol. The Labute approximate surface area is 25.0 Å². The second kappa shape index (κ2) is 3.02. The standard InChI is InChI=1S/H4NO2P/c1-3-4-2/h4H,1H3/q+2. The molecule has 0 aliphatic heterocycles. The molecule has 0 fully saturated rings. The predicted octanol–water partition coefficient (Wildman–Crippen LogP) is -0.901. The van der Waals surface area contributed by atoms with Crippen molar-refractivity contribution in [3.8, 4) is 0 Å². The molecule has 24 valence electrons. The van der Waals surface area contributed by atoms with E-state index in [1.165, 1.54) is 0 Å². The summed E-state index contributed by atoms with van der Waals surface area (Å²) in [6, 6.07) is 0. The molecule has 0 spiro atoms. The molecule has 0 amide bonds. The van der Waals surface area contributed by atoms with E-state index in [2.05, 4.69) is 10.5 Å². The average Bonchev–Trinajstić information content (AvgIpc) is 1.37. The SMILES string of the molecule is [NH3+]O[PH+]=O. The summed E-state index contributed by atoms with van der Waals surface area (Å²) < 4.78 is 12.8. The summed E-state index contributed by atoms with van der Waals surface area (Å²) in [5.74, 6) is 2.80. The minimum Gasteiger partial charge on any atom is -0.163 e. The topological polar surface area (TPSA) is 53.9 Å². The van der Waals surface area contributed by atoms with Crippen LogP contribution in [-0.4, -0.2) is 0 Å². The molecule has 0 radical (unpaired) electrons. The second-order valence-electron chi connectivity index (χ2n) is 0.228. The van der Waals surface area contributed by atoms with Crippen LogP contribution in [0, 0.1) is 0 Å². The van der Waals surface area contributed by atoms with Gasteiger partial charge in [0.1, 0.15) is 0 Å². The van der Waals surface area contributed by atoms with Gasteiger partial charge in [-0.1, -0.05) is 0 Å². The maximum absolute atomic E-state index is 9.04. The van der Waals surface area contributed by atoms with Crippen LogP contribution in [0.2, 0.25) is 0 Å². The van der Waals surface area contributed by atoms with Crippen LogP contribution in [-0.2, 0) is 9.19 Å². The van der Waals surface area contributed by atoms with Gasteiger partial charge in [-0.3, -0.25) is 0 Å². The Morgan fingerprint density at radius 3 is 2.25 bits per heavy atom. The molecule has 3 nitrogen and oxygen atoms in total. The van der Waals surface area contributed by atoms with Crippen LogP contribution in [0.5, 0.6) is 0 Å². The molecule has 4 heteroatoms. The van der Waals surface area contributed by atoms with Gasteiger partial charge in [0.25, 0.3) is 0 Å². The smallest absolute Gasteiger partial charge is 0.163 e. The highest BCUT2D eigenvalue weighted by molar-refractivity contribution is 7.17. The van der Waals surface area contributed by atoms with E-state index in [1.54, 1.807) is 0 Å². The lowest BCUT2D eigenvalue weighted by molar-refractivity contribution is -0.633. The zero-order chi connectivity index (χ0) is 3.41. The molecule has 0 saturated carbocycles. The van der Waals surface area contributed by atoms with Gasteiger partial charge in [0.05, 0.1) is 0 Å². The molecule has 0 saturated heterocycles. The highest BCUT2D eigenvalue weighted by Gasteiger charge is 1.72. The van der Waals surface area contributed by atoms with Gasteiger partial charge < -0.3 is 0 Å². The van der Waals surface area contributed by atoms with Crippen molar-refractivity contribution in [3.63, 3.8) is 0 Å². The Kier molecular flexibility index (Phi) is 3.04. The lowest BCUT2D eigenvalue weighted by atomic mass is 13.6. The molecule has 0 aliphatic rings. The van der Waals surface area contributed by atoms with Crippen molar-refractivity contribution in [2.24, 2.45) is 0 Å². The van der Waals surface area contributed by atoms with Gasteiger partial charge >= 0.3 is 8.69 Å². The van der Waals surface area contributed by atoms with E-state index >= 15 is 0 Å². The lowest BCUT2D eigenvalue weighted by Gasteiger charge is -1.40. The lowest BCUT2D eigenvalue weighted by Crippen LogP contribution is -2.44. The second-order valence-corrected chi connectivity index (χ2v) is 0.683. The van der Waals surface area contributed by atoms with E-state index in [1.807, 2.05) is 0 Å². The summed E-state index contributed by atoms with van der Waals surface area (Å²) in [7, 11) is -0.721. The molecular formula is H4NO2P+2. The Morgan fingerprint density at radius 1 is 2.00 bits per heavy atom. The molecule has 0 aromatic rings. The van der Waals surface area contributed by atoms with Gasteiger partial charge in [0.2, 0.25) is 0 Å². The van der Waals surface area contributed by atoms with E-state index in [0.29, 0.717) is 0 Å². The van der Waals surface area contributed by atoms with Crippen LogP contribution in [0.3, 0.4) is 0 Å². The van der Waals surface area contributed by atoms with Crippen LogP contribution < -0.4 is 5.90 Å². The van der Waals surface area contributed by atoms with E-state index in [9.17, 15) is 0 Å². The van der Waals surface area contributed by atoms with Gasteiger partial charge in [-0.15, -0.1) is 0 Å². The first kappa shape index (κ1) is 4.02. The predicted molar refractivity (Wildman–Crippen MR) is 13.0 cm³/mol. The monoisotopic (exact) mass is 81.0 g/mol. The highest BCUT2D eigenvalue weighted by atomic mass is 31.1. The maximum atomic E-state index is 9.04. The number of rotatable bonds is 1. The van der Waals surface area contributed by atoms with Crippen LogP contribution in [0.25, 0.3) is 0 Å². The molecule has 0 heterocycles. The van der Waals surface area contributed by atoms with Crippen molar-refractivity contribution in [2.75, 3.05) is 0 Å². The van der Waals surface area contributed by atoms with Crippen molar-refractivity contribution >= 4 is 8.69 Å². The van der Waals surface area contributed by atoms with Crippen molar-refractivity contribution in [1.82, 2.24) is 0 Å². The van der Waals surface area contributed by atoms with Crippen molar-refractivity contribution < 1.29 is 15.1 Å². The van der Waals surface area contributed by atoms with Crippen LogP contribution in [0.1, 0.15) is 0 Å². The fourth-order valence-electron chi connectivity index (χ4n) is 0. The zero-order valence-electron chi connectivity index (χ0n) is 2.02. The first-order chi connectivity index (χ1) is 1.91. The number of quaternary nitrogens is 1. The Morgan fingerprint density at radius 2 is 2.25 bits per heavy atom. The van der Waals surface area contributed by atoms with E-state index < -0.39 is 8.69 Å². The first-order valence-electron chi connectivity index (χ1n) is 0.697. The third-order valence-corrected chi connectivity index (χ3v) is 0.177. The molecule has 0 aliphatic carbocycles. The molecule has 0 aromatic heterocycles. The minimum absolute atomic E-state index is 0.721. The van der Waals surface area contributed by atoms with Gasteiger partial charge in [-0.05, 0) is 4.57 Å². The zero-order valence-corrected chi connectivity index (χ0v) is 3.02. The molecule has 0 bridgehead atoms. The third kappa shape index (κ3) is 2.02. The quantitative estimate of drug-likeness (QED) is 0.328. The van der Waals surface area contributed by atoms with Gasteiger partial charge in [-0.25, -0.2) is 0 Å². The number of hydrogen-bond donors (Lipinski definition) is 1. The fourth-order valence-corrected chi connectivity index (χ4v) is 0. The molecule has 1 unspecified atom stereocenters. The summed E-state index contributed by atoms with van der Waals surface area (Å²) in [6.45, 7) is 0. The largest absolute Gasteiger partial charge is 0.553 e. The van der Waals surface area contributed by atoms with Crippen molar-refractivity contribution in [2.45, 2.75) is 0 Å². The molecule has 0 aromatic carbocycles. The summed E-state index contributed by atoms with van der Waals surface area (Å²) in [5.41, 5.74) is 0.